The molecule has 0 saturated heterocycles. The molecule has 0 aliphatic heterocycles. The summed E-state index contributed by atoms with van der Waals surface area (Å²) in [6, 6.07) is 7.36. The van der Waals surface area contributed by atoms with Crippen LogP contribution in [0.15, 0.2) is 24.3 Å². The fraction of sp³-hybridized carbons (Fsp3) is 0.389. The molecule has 2 rings (SSSR count). The minimum atomic E-state index is -0.938. The van der Waals surface area contributed by atoms with Gasteiger partial charge in [0.05, 0.1) is 17.1 Å². The average molecular weight is 345 g/mol. The first kappa shape index (κ1) is 18.5. The predicted molar refractivity (Wildman–Crippen MR) is 93.5 cm³/mol. The highest BCUT2D eigenvalue weighted by molar-refractivity contribution is 5.96. The summed E-state index contributed by atoms with van der Waals surface area (Å²) in [5.74, 6) is -0.410. The Morgan fingerprint density at radius 3 is 2.52 bits per heavy atom. The highest BCUT2D eigenvalue weighted by atomic mass is 16.6. The minimum absolute atomic E-state index is 0.257. The molecule has 1 aromatic heterocycles. The van der Waals surface area contributed by atoms with Gasteiger partial charge in [0, 0.05) is 7.05 Å². The van der Waals surface area contributed by atoms with Crippen molar-refractivity contribution in [1.82, 2.24) is 9.78 Å². The Bertz CT molecular complexity index is 783. The van der Waals surface area contributed by atoms with Crippen molar-refractivity contribution in [2.24, 2.45) is 7.05 Å². The molecular formula is C18H23N3O4. The molecule has 0 fully saturated rings. The Hall–Kier alpha value is -2.83. The van der Waals surface area contributed by atoms with Crippen molar-refractivity contribution in [3.8, 4) is 5.75 Å². The Morgan fingerprint density at radius 1 is 1.24 bits per heavy atom. The lowest BCUT2D eigenvalue weighted by molar-refractivity contribution is -0.155. The van der Waals surface area contributed by atoms with Crippen molar-refractivity contribution in [3.05, 3.63) is 41.2 Å². The molecule has 1 aromatic carbocycles. The van der Waals surface area contributed by atoms with Crippen LogP contribution in [0.4, 0.5) is 5.69 Å². The molecule has 1 amide bonds. The maximum Gasteiger partial charge on any atom is 0.344 e. The van der Waals surface area contributed by atoms with Crippen LogP contribution in [0.5, 0.6) is 5.75 Å². The normalized spacial score (nSPS) is 11.7. The van der Waals surface area contributed by atoms with Gasteiger partial charge in [0.2, 0.25) is 0 Å². The quantitative estimate of drug-likeness (QED) is 0.812. The van der Waals surface area contributed by atoms with Crippen LogP contribution >= 0.6 is 0 Å². The van der Waals surface area contributed by atoms with E-state index < -0.39 is 18.0 Å². The largest absolute Gasteiger partial charge is 0.482 e. The van der Waals surface area contributed by atoms with Crippen LogP contribution in [0, 0.1) is 20.8 Å². The molecule has 1 N–H and O–H groups in total. The average Bonchev–Trinajstić information content (AvgIpc) is 2.80. The van der Waals surface area contributed by atoms with Gasteiger partial charge < -0.3 is 14.8 Å². The first-order valence-electron chi connectivity index (χ1n) is 7.98. The maximum absolute atomic E-state index is 12.2. The van der Waals surface area contributed by atoms with Crippen molar-refractivity contribution in [2.45, 2.75) is 33.8 Å². The van der Waals surface area contributed by atoms with Crippen molar-refractivity contribution >= 4 is 17.6 Å². The van der Waals surface area contributed by atoms with E-state index in [1.54, 1.807) is 24.7 Å². The Kier molecular flexibility index (Phi) is 5.80. The number of rotatable bonds is 6. The number of anilines is 1. The number of carbonyl (C=O) groups is 2. The first-order chi connectivity index (χ1) is 11.8. The van der Waals surface area contributed by atoms with Crippen LogP contribution in [0.2, 0.25) is 0 Å². The van der Waals surface area contributed by atoms with Gasteiger partial charge in [-0.05, 0) is 39.3 Å². The number of aryl methyl sites for hydroxylation is 3. The Labute approximate surface area is 146 Å². The van der Waals surface area contributed by atoms with Gasteiger partial charge in [-0.15, -0.1) is 0 Å². The van der Waals surface area contributed by atoms with E-state index in [1.165, 1.54) is 6.92 Å². The zero-order valence-corrected chi connectivity index (χ0v) is 15.1. The Morgan fingerprint density at radius 2 is 1.92 bits per heavy atom. The van der Waals surface area contributed by atoms with Gasteiger partial charge in [-0.2, -0.15) is 5.10 Å². The topological polar surface area (TPSA) is 82.4 Å². The monoisotopic (exact) mass is 345 g/mol. The second-order valence-corrected chi connectivity index (χ2v) is 5.84. The second-order valence-electron chi connectivity index (χ2n) is 5.84. The third kappa shape index (κ3) is 4.59. The number of hydrogen-bond donors (Lipinski definition) is 1. The summed E-state index contributed by atoms with van der Waals surface area (Å²) in [6.45, 7) is 6.79. The van der Waals surface area contributed by atoms with Gasteiger partial charge in [-0.3, -0.25) is 9.48 Å². The lowest BCUT2D eigenvalue weighted by Gasteiger charge is -2.14. The molecule has 25 heavy (non-hydrogen) atoms. The molecule has 7 nitrogen and oxygen atoms in total. The molecule has 0 radical (unpaired) electrons. The zero-order chi connectivity index (χ0) is 18.6. The number of benzene rings is 1. The minimum Gasteiger partial charge on any atom is -0.482 e. The third-order valence-corrected chi connectivity index (χ3v) is 3.87. The highest BCUT2D eigenvalue weighted by Gasteiger charge is 2.21. The van der Waals surface area contributed by atoms with Crippen LogP contribution in [0.25, 0.3) is 0 Å². The van der Waals surface area contributed by atoms with E-state index in [4.69, 9.17) is 9.47 Å². The molecule has 0 bridgehead atoms. The molecule has 0 aliphatic rings. The van der Waals surface area contributed by atoms with E-state index in [2.05, 4.69) is 10.4 Å². The van der Waals surface area contributed by atoms with Crippen LogP contribution in [-0.4, -0.2) is 34.4 Å². The summed E-state index contributed by atoms with van der Waals surface area (Å²) in [7, 11) is 1.80. The van der Waals surface area contributed by atoms with Crippen LogP contribution in [0.1, 0.15) is 23.9 Å². The number of ether oxygens (including phenoxy) is 2. The first-order valence-corrected chi connectivity index (χ1v) is 7.98. The van der Waals surface area contributed by atoms with Crippen LogP contribution < -0.4 is 10.1 Å². The van der Waals surface area contributed by atoms with Crippen molar-refractivity contribution in [1.29, 1.82) is 0 Å². The molecular weight excluding hydrogens is 322 g/mol. The summed E-state index contributed by atoms with van der Waals surface area (Å²) < 4.78 is 12.2. The predicted octanol–water partition coefficient (Wildman–Crippen LogP) is 2.29. The fourth-order valence-electron chi connectivity index (χ4n) is 2.32. The number of carbonyl (C=O) groups excluding carboxylic acids is 2. The number of hydrogen-bond acceptors (Lipinski definition) is 5. The third-order valence-electron chi connectivity index (χ3n) is 3.87. The number of aromatic nitrogens is 2. The van der Waals surface area contributed by atoms with Gasteiger partial charge in [-0.25, -0.2) is 4.79 Å². The number of nitrogens with one attached hydrogen (secondary N) is 1. The number of amides is 1. The molecule has 1 atom stereocenters. The van der Waals surface area contributed by atoms with E-state index in [-0.39, 0.29) is 6.61 Å². The summed E-state index contributed by atoms with van der Waals surface area (Å²) in [4.78, 5) is 24.1. The van der Waals surface area contributed by atoms with E-state index >= 15 is 0 Å². The van der Waals surface area contributed by atoms with Crippen LogP contribution in [-0.2, 0) is 21.4 Å². The lowest BCUT2D eigenvalue weighted by atomic mass is 10.2. The van der Waals surface area contributed by atoms with Gasteiger partial charge in [-0.1, -0.05) is 18.2 Å². The van der Waals surface area contributed by atoms with Gasteiger partial charge >= 0.3 is 5.97 Å². The smallest absolute Gasteiger partial charge is 0.344 e. The van der Waals surface area contributed by atoms with E-state index in [0.29, 0.717) is 17.1 Å². The lowest BCUT2D eigenvalue weighted by Crippen LogP contribution is -2.32. The van der Waals surface area contributed by atoms with E-state index in [9.17, 15) is 9.59 Å². The van der Waals surface area contributed by atoms with Crippen molar-refractivity contribution in [2.75, 3.05) is 11.9 Å². The number of nitrogens with zero attached hydrogens (tertiary/aromatic N) is 2. The van der Waals surface area contributed by atoms with Gasteiger partial charge in [0.25, 0.3) is 5.91 Å². The summed E-state index contributed by atoms with van der Waals surface area (Å²) in [5, 5.41) is 6.98. The molecule has 2 aromatic rings. The SMILES string of the molecule is Cc1ccccc1OCC(=O)O[C@@H](C)C(=O)Nc1c(C)nn(C)c1C. The standard InChI is InChI=1S/C18H23N3O4/c1-11-8-6-7-9-15(11)24-10-16(22)25-14(4)18(23)19-17-12(2)20-21(5)13(17)3/h6-9,14H,10H2,1-5H3,(H,19,23)/t14-/m0/s1. The van der Waals surface area contributed by atoms with E-state index in [0.717, 1.165) is 11.3 Å². The Balaban J connectivity index is 1.88. The van der Waals surface area contributed by atoms with Gasteiger partial charge in [0.15, 0.2) is 12.7 Å². The summed E-state index contributed by atoms with van der Waals surface area (Å²) >= 11 is 0. The number of para-hydroxylation sites is 1. The summed E-state index contributed by atoms with van der Waals surface area (Å²) in [6.07, 6.45) is -0.938. The molecule has 0 unspecified atom stereocenters. The molecule has 0 spiro atoms. The molecule has 7 heteroatoms. The maximum atomic E-state index is 12.2. The summed E-state index contributed by atoms with van der Waals surface area (Å²) in [5.41, 5.74) is 3.08. The van der Waals surface area contributed by atoms with Gasteiger partial charge in [0.1, 0.15) is 5.75 Å². The highest BCUT2D eigenvalue weighted by Crippen LogP contribution is 2.19. The second kappa shape index (κ2) is 7.83. The van der Waals surface area contributed by atoms with Crippen molar-refractivity contribution in [3.63, 3.8) is 0 Å². The fourth-order valence-corrected chi connectivity index (χ4v) is 2.32. The zero-order valence-electron chi connectivity index (χ0n) is 15.1. The molecule has 1 heterocycles. The molecule has 0 aliphatic carbocycles. The number of esters is 1. The van der Waals surface area contributed by atoms with E-state index in [1.807, 2.05) is 32.0 Å². The molecule has 0 saturated carbocycles. The molecule has 134 valence electrons. The van der Waals surface area contributed by atoms with Crippen LogP contribution in [0.3, 0.4) is 0 Å². The van der Waals surface area contributed by atoms with Crippen molar-refractivity contribution < 1.29 is 19.1 Å².